The molecular formula is C18H12ClN3O4. The molecule has 0 aliphatic rings. The third kappa shape index (κ3) is 3.96. The monoisotopic (exact) mass is 369 g/mol. The number of nitrogens with zero attached hydrogens (tertiary/aromatic N) is 2. The first-order valence-electron chi connectivity index (χ1n) is 7.47. The summed E-state index contributed by atoms with van der Waals surface area (Å²) in [5.74, 6) is 0.267. The number of carbonyl (C=O) groups excluding carboxylic acids is 1. The lowest BCUT2D eigenvalue weighted by molar-refractivity contribution is -0.384. The number of hydrogen-bond donors (Lipinski definition) is 1. The van der Waals surface area contributed by atoms with E-state index in [4.69, 9.17) is 16.0 Å². The van der Waals surface area contributed by atoms with Crippen LogP contribution in [0.25, 0.3) is 11.3 Å². The zero-order valence-electron chi connectivity index (χ0n) is 13.3. The lowest BCUT2D eigenvalue weighted by Crippen LogP contribution is -2.17. The summed E-state index contributed by atoms with van der Waals surface area (Å²) >= 11 is 5.81. The number of rotatable bonds is 5. The van der Waals surface area contributed by atoms with Crippen LogP contribution in [0.5, 0.6) is 0 Å². The Bertz CT molecular complexity index is 983. The topological polar surface area (TPSA) is 97.7 Å². The Hall–Kier alpha value is -3.45. The highest BCUT2D eigenvalue weighted by atomic mass is 35.5. The van der Waals surface area contributed by atoms with Crippen LogP contribution in [0, 0.1) is 10.1 Å². The zero-order chi connectivity index (χ0) is 18.5. The van der Waals surface area contributed by atoms with Crippen LogP contribution >= 0.6 is 11.6 Å². The van der Waals surface area contributed by atoms with Crippen LogP contribution in [0.2, 0.25) is 5.02 Å². The predicted molar refractivity (Wildman–Crippen MR) is 97.3 cm³/mol. The second-order valence-electron chi connectivity index (χ2n) is 5.19. The molecule has 3 aromatic rings. The van der Waals surface area contributed by atoms with Gasteiger partial charge in [0, 0.05) is 16.7 Å². The Labute approximate surface area is 153 Å². The Morgan fingerprint density at radius 2 is 1.92 bits per heavy atom. The van der Waals surface area contributed by atoms with E-state index in [0.29, 0.717) is 22.6 Å². The van der Waals surface area contributed by atoms with Crippen LogP contribution in [-0.4, -0.2) is 17.0 Å². The van der Waals surface area contributed by atoms with E-state index in [0.717, 1.165) is 0 Å². The van der Waals surface area contributed by atoms with Crippen LogP contribution in [0.3, 0.4) is 0 Å². The molecule has 0 atom stereocenters. The molecule has 0 aliphatic carbocycles. The fraction of sp³-hybridized carbons (Fsp3) is 0. The number of hydrazone groups is 1. The Balaban J connectivity index is 1.75. The number of furan rings is 1. The maximum absolute atomic E-state index is 11.9. The van der Waals surface area contributed by atoms with Gasteiger partial charge in [-0.25, -0.2) is 5.43 Å². The van der Waals surface area contributed by atoms with Crippen LogP contribution in [0.1, 0.15) is 16.1 Å². The van der Waals surface area contributed by atoms with E-state index in [-0.39, 0.29) is 16.6 Å². The van der Waals surface area contributed by atoms with Gasteiger partial charge < -0.3 is 4.42 Å². The predicted octanol–water partition coefficient (Wildman–Crippen LogP) is 4.27. The summed E-state index contributed by atoms with van der Waals surface area (Å²) in [4.78, 5) is 22.5. The van der Waals surface area contributed by atoms with Crippen LogP contribution < -0.4 is 5.43 Å². The van der Waals surface area contributed by atoms with Gasteiger partial charge in [-0.2, -0.15) is 5.10 Å². The van der Waals surface area contributed by atoms with Gasteiger partial charge in [0.2, 0.25) is 0 Å². The molecule has 7 nitrogen and oxygen atoms in total. The first-order valence-corrected chi connectivity index (χ1v) is 7.85. The zero-order valence-corrected chi connectivity index (χ0v) is 14.0. The summed E-state index contributed by atoms with van der Waals surface area (Å²) in [6.07, 6.45) is 1.31. The second-order valence-corrected chi connectivity index (χ2v) is 5.62. The molecule has 1 heterocycles. The number of nitrogens with one attached hydrogen (secondary N) is 1. The first kappa shape index (κ1) is 17.4. The van der Waals surface area contributed by atoms with Crippen molar-refractivity contribution < 1.29 is 14.1 Å². The summed E-state index contributed by atoms with van der Waals surface area (Å²) in [6, 6.07) is 16.1. The Morgan fingerprint density at radius 3 is 2.65 bits per heavy atom. The van der Waals surface area contributed by atoms with Crippen molar-refractivity contribution in [3.05, 3.63) is 87.1 Å². The quantitative estimate of drug-likeness (QED) is 0.412. The summed E-state index contributed by atoms with van der Waals surface area (Å²) in [6.45, 7) is 0. The molecule has 130 valence electrons. The second kappa shape index (κ2) is 7.62. The third-order valence-electron chi connectivity index (χ3n) is 3.44. The van der Waals surface area contributed by atoms with Crippen molar-refractivity contribution >= 4 is 29.4 Å². The van der Waals surface area contributed by atoms with E-state index >= 15 is 0 Å². The van der Waals surface area contributed by atoms with Crippen molar-refractivity contribution in [1.29, 1.82) is 0 Å². The van der Waals surface area contributed by atoms with Gasteiger partial charge in [0.05, 0.1) is 16.7 Å². The fourth-order valence-corrected chi connectivity index (χ4v) is 2.41. The summed E-state index contributed by atoms with van der Waals surface area (Å²) < 4.78 is 5.54. The normalized spacial score (nSPS) is 10.8. The molecule has 0 fully saturated rings. The molecule has 0 radical (unpaired) electrons. The molecule has 1 aromatic heterocycles. The maximum Gasteiger partial charge on any atom is 0.281 e. The van der Waals surface area contributed by atoms with Gasteiger partial charge in [-0.05, 0) is 36.4 Å². The molecule has 3 rings (SSSR count). The number of hydrogen-bond acceptors (Lipinski definition) is 5. The molecule has 8 heteroatoms. The molecule has 0 saturated heterocycles. The van der Waals surface area contributed by atoms with Gasteiger partial charge in [-0.1, -0.05) is 29.8 Å². The van der Waals surface area contributed by atoms with E-state index in [2.05, 4.69) is 10.5 Å². The molecule has 0 aliphatic heterocycles. The number of benzene rings is 2. The Morgan fingerprint density at radius 1 is 1.15 bits per heavy atom. The van der Waals surface area contributed by atoms with Crippen molar-refractivity contribution in [3.8, 4) is 11.3 Å². The summed E-state index contributed by atoms with van der Waals surface area (Å²) in [5.41, 5.74) is 2.99. The van der Waals surface area contributed by atoms with Gasteiger partial charge >= 0.3 is 0 Å². The van der Waals surface area contributed by atoms with E-state index in [9.17, 15) is 14.9 Å². The van der Waals surface area contributed by atoms with Crippen LogP contribution in [-0.2, 0) is 0 Å². The van der Waals surface area contributed by atoms with E-state index in [1.165, 1.54) is 18.3 Å². The average Bonchev–Trinajstić information content (AvgIpc) is 3.11. The summed E-state index contributed by atoms with van der Waals surface area (Å²) in [5, 5.41) is 15.3. The molecule has 0 bridgehead atoms. The minimum absolute atomic E-state index is 0.160. The van der Waals surface area contributed by atoms with E-state index < -0.39 is 4.92 Å². The lowest BCUT2D eigenvalue weighted by atomic mass is 10.1. The van der Waals surface area contributed by atoms with Gasteiger partial charge in [-0.15, -0.1) is 0 Å². The van der Waals surface area contributed by atoms with Gasteiger partial charge in [-0.3, -0.25) is 14.9 Å². The highest BCUT2D eigenvalue weighted by Gasteiger charge is 2.18. The number of nitro groups is 1. The number of amides is 1. The molecule has 0 spiro atoms. The Kier molecular flexibility index (Phi) is 5.09. The molecule has 1 N–H and O–H groups in total. The maximum atomic E-state index is 11.9. The molecule has 26 heavy (non-hydrogen) atoms. The van der Waals surface area contributed by atoms with Crippen molar-refractivity contribution in [2.45, 2.75) is 0 Å². The SMILES string of the molecule is O=C(N/N=C/c1ccc(-c2ccc(Cl)cc2[N+](=O)[O-])o1)c1ccccc1. The van der Waals surface area contributed by atoms with Crippen molar-refractivity contribution in [2.24, 2.45) is 5.10 Å². The standard InChI is InChI=1S/C18H12ClN3O4/c19-13-6-8-15(16(10-13)22(24)25)17-9-7-14(26-17)11-20-21-18(23)12-4-2-1-3-5-12/h1-11H,(H,21,23)/b20-11+. The number of carbonyl (C=O) groups is 1. The van der Waals surface area contributed by atoms with Crippen molar-refractivity contribution in [2.75, 3.05) is 0 Å². The molecule has 2 aromatic carbocycles. The van der Waals surface area contributed by atoms with Crippen molar-refractivity contribution in [1.82, 2.24) is 5.43 Å². The van der Waals surface area contributed by atoms with Gasteiger partial charge in [0.15, 0.2) is 0 Å². The molecule has 1 amide bonds. The smallest absolute Gasteiger partial charge is 0.281 e. The molecule has 0 saturated carbocycles. The lowest BCUT2D eigenvalue weighted by Gasteiger charge is -2.00. The number of halogens is 1. The average molecular weight is 370 g/mol. The minimum atomic E-state index is -0.530. The van der Waals surface area contributed by atoms with E-state index in [1.807, 2.05) is 0 Å². The fourth-order valence-electron chi connectivity index (χ4n) is 2.24. The van der Waals surface area contributed by atoms with Gasteiger partial charge in [0.25, 0.3) is 11.6 Å². The first-order chi connectivity index (χ1) is 12.5. The highest BCUT2D eigenvalue weighted by molar-refractivity contribution is 6.30. The molecule has 0 unspecified atom stereocenters. The van der Waals surface area contributed by atoms with Gasteiger partial charge in [0.1, 0.15) is 11.5 Å². The van der Waals surface area contributed by atoms with Crippen LogP contribution in [0.15, 0.2) is 70.2 Å². The van der Waals surface area contributed by atoms with Crippen molar-refractivity contribution in [3.63, 3.8) is 0 Å². The highest BCUT2D eigenvalue weighted by Crippen LogP contribution is 2.33. The summed E-state index contributed by atoms with van der Waals surface area (Å²) in [7, 11) is 0. The minimum Gasteiger partial charge on any atom is -0.455 e. The molecular weight excluding hydrogens is 358 g/mol. The largest absolute Gasteiger partial charge is 0.455 e. The number of nitro benzene ring substituents is 1. The van der Waals surface area contributed by atoms with E-state index in [1.54, 1.807) is 48.5 Å². The third-order valence-corrected chi connectivity index (χ3v) is 3.68. The van der Waals surface area contributed by atoms with Crippen LogP contribution in [0.4, 0.5) is 5.69 Å².